The molecule has 3 aromatic carbocycles. The van der Waals surface area contributed by atoms with Crippen LogP contribution in [-0.4, -0.2) is 29.8 Å². The second kappa shape index (κ2) is 9.37. The summed E-state index contributed by atoms with van der Waals surface area (Å²) in [7, 11) is 0. The van der Waals surface area contributed by atoms with Crippen molar-refractivity contribution < 1.29 is 14.6 Å². The summed E-state index contributed by atoms with van der Waals surface area (Å²) in [5.74, 6) is 0.284. The Hall–Kier alpha value is -3.15. The lowest BCUT2D eigenvalue weighted by Crippen LogP contribution is -2.51. The van der Waals surface area contributed by atoms with Gasteiger partial charge in [0.15, 0.2) is 0 Å². The lowest BCUT2D eigenvalue weighted by atomic mass is 10.0. The minimum atomic E-state index is -1.32. The highest BCUT2D eigenvalue weighted by Crippen LogP contribution is 2.21. The SMILES string of the molecule is C[C@](N)(CO)C(=O)Nc1ccc(OCCc2cccc(-c3ccccc3)c2)cc1. The number of benzene rings is 3. The van der Waals surface area contributed by atoms with Crippen molar-refractivity contribution >= 4 is 11.6 Å². The van der Waals surface area contributed by atoms with Crippen LogP contribution in [0.15, 0.2) is 78.9 Å². The van der Waals surface area contributed by atoms with Crippen LogP contribution in [-0.2, 0) is 11.2 Å². The average Bonchev–Trinajstić information content (AvgIpc) is 2.76. The number of carbonyl (C=O) groups excluding carboxylic acids is 1. The fourth-order valence-corrected chi connectivity index (χ4v) is 2.80. The van der Waals surface area contributed by atoms with Crippen LogP contribution in [0.4, 0.5) is 5.69 Å². The van der Waals surface area contributed by atoms with Gasteiger partial charge in [-0.25, -0.2) is 0 Å². The molecule has 1 atom stereocenters. The first-order valence-corrected chi connectivity index (χ1v) is 9.56. The zero-order valence-corrected chi connectivity index (χ0v) is 16.5. The number of amides is 1. The van der Waals surface area contributed by atoms with Crippen LogP contribution >= 0.6 is 0 Å². The predicted octanol–water partition coefficient (Wildman–Crippen LogP) is 3.62. The third-order valence-electron chi connectivity index (χ3n) is 4.65. The second-order valence-corrected chi connectivity index (χ2v) is 7.22. The zero-order valence-electron chi connectivity index (χ0n) is 16.5. The smallest absolute Gasteiger partial charge is 0.246 e. The monoisotopic (exact) mass is 390 g/mol. The van der Waals surface area contributed by atoms with Crippen LogP contribution in [0.2, 0.25) is 0 Å². The van der Waals surface area contributed by atoms with Crippen molar-refractivity contribution in [1.82, 2.24) is 0 Å². The van der Waals surface area contributed by atoms with E-state index in [1.54, 1.807) is 24.3 Å². The van der Waals surface area contributed by atoms with Gasteiger partial charge in [0.2, 0.25) is 5.91 Å². The number of anilines is 1. The standard InChI is InChI=1S/C24H26N2O3/c1-24(25,17-27)23(28)26-21-10-12-22(13-11-21)29-15-14-18-6-5-9-20(16-18)19-7-3-2-4-8-19/h2-13,16,27H,14-15,17,25H2,1H3,(H,26,28)/t24-/m0/s1. The molecule has 0 aromatic heterocycles. The minimum absolute atomic E-state index is 0.425. The van der Waals surface area contributed by atoms with Crippen LogP contribution in [0.25, 0.3) is 11.1 Å². The van der Waals surface area contributed by atoms with Gasteiger partial charge < -0.3 is 20.9 Å². The average molecular weight is 390 g/mol. The molecule has 5 heteroatoms. The second-order valence-electron chi connectivity index (χ2n) is 7.22. The summed E-state index contributed by atoms with van der Waals surface area (Å²) in [6.45, 7) is 1.60. The third kappa shape index (κ3) is 5.67. The number of aliphatic hydroxyl groups is 1. The molecule has 0 aliphatic rings. The highest BCUT2D eigenvalue weighted by Gasteiger charge is 2.27. The van der Waals surface area contributed by atoms with Crippen LogP contribution < -0.4 is 15.8 Å². The van der Waals surface area contributed by atoms with E-state index in [0.717, 1.165) is 12.2 Å². The van der Waals surface area contributed by atoms with Crippen molar-refractivity contribution in [2.24, 2.45) is 5.73 Å². The molecule has 0 saturated carbocycles. The lowest BCUT2D eigenvalue weighted by Gasteiger charge is -2.20. The third-order valence-corrected chi connectivity index (χ3v) is 4.65. The van der Waals surface area contributed by atoms with E-state index in [9.17, 15) is 4.79 Å². The number of aliphatic hydroxyl groups excluding tert-OH is 1. The molecule has 0 radical (unpaired) electrons. The van der Waals surface area contributed by atoms with Gasteiger partial charge in [0.05, 0.1) is 13.2 Å². The molecule has 3 aromatic rings. The van der Waals surface area contributed by atoms with E-state index < -0.39 is 18.1 Å². The van der Waals surface area contributed by atoms with E-state index in [1.807, 2.05) is 18.2 Å². The molecule has 0 bridgehead atoms. The van der Waals surface area contributed by atoms with Crippen LogP contribution in [0.1, 0.15) is 12.5 Å². The highest BCUT2D eigenvalue weighted by molar-refractivity contribution is 5.97. The van der Waals surface area contributed by atoms with E-state index in [1.165, 1.54) is 23.6 Å². The molecular formula is C24H26N2O3. The molecule has 0 heterocycles. The van der Waals surface area contributed by atoms with E-state index in [2.05, 4.69) is 41.7 Å². The Labute approximate surface area is 171 Å². The predicted molar refractivity (Wildman–Crippen MR) is 116 cm³/mol. The van der Waals surface area contributed by atoms with Gasteiger partial charge in [-0.1, -0.05) is 54.6 Å². The van der Waals surface area contributed by atoms with Gasteiger partial charge in [-0.15, -0.1) is 0 Å². The van der Waals surface area contributed by atoms with E-state index in [4.69, 9.17) is 15.6 Å². The Morgan fingerprint density at radius 3 is 2.38 bits per heavy atom. The van der Waals surface area contributed by atoms with Crippen molar-refractivity contribution in [2.45, 2.75) is 18.9 Å². The van der Waals surface area contributed by atoms with Gasteiger partial charge in [0, 0.05) is 12.1 Å². The van der Waals surface area contributed by atoms with Gasteiger partial charge in [-0.3, -0.25) is 4.79 Å². The Morgan fingerprint density at radius 1 is 1.00 bits per heavy atom. The first-order chi connectivity index (χ1) is 14.0. The number of nitrogens with two attached hydrogens (primary N) is 1. The number of hydrogen-bond acceptors (Lipinski definition) is 4. The Morgan fingerprint density at radius 2 is 1.69 bits per heavy atom. The van der Waals surface area contributed by atoms with Crippen LogP contribution in [0.3, 0.4) is 0 Å². The first-order valence-electron chi connectivity index (χ1n) is 9.56. The molecule has 29 heavy (non-hydrogen) atoms. The number of ether oxygens (including phenoxy) is 1. The molecule has 0 spiro atoms. The summed E-state index contributed by atoms with van der Waals surface area (Å²) in [6, 6.07) is 25.8. The number of carbonyl (C=O) groups is 1. The summed E-state index contributed by atoms with van der Waals surface area (Å²) >= 11 is 0. The summed E-state index contributed by atoms with van der Waals surface area (Å²) in [4.78, 5) is 12.0. The lowest BCUT2D eigenvalue weighted by molar-refractivity contribution is -0.121. The Kier molecular flexibility index (Phi) is 6.65. The number of nitrogens with one attached hydrogen (secondary N) is 1. The van der Waals surface area contributed by atoms with Crippen LogP contribution in [0, 0.1) is 0 Å². The highest BCUT2D eigenvalue weighted by atomic mass is 16.5. The van der Waals surface area contributed by atoms with E-state index >= 15 is 0 Å². The normalized spacial score (nSPS) is 12.8. The summed E-state index contributed by atoms with van der Waals surface area (Å²) in [5, 5.41) is 11.8. The zero-order chi connectivity index (χ0) is 20.7. The molecule has 5 nitrogen and oxygen atoms in total. The number of rotatable bonds is 8. The van der Waals surface area contributed by atoms with E-state index in [-0.39, 0.29) is 0 Å². The van der Waals surface area contributed by atoms with Crippen molar-refractivity contribution in [3.8, 4) is 16.9 Å². The van der Waals surface area contributed by atoms with E-state index in [0.29, 0.717) is 12.3 Å². The molecule has 0 aliphatic carbocycles. The quantitative estimate of drug-likeness (QED) is 0.548. The number of hydrogen-bond donors (Lipinski definition) is 3. The van der Waals surface area contributed by atoms with Crippen molar-refractivity contribution in [3.05, 3.63) is 84.4 Å². The molecule has 0 saturated heterocycles. The largest absolute Gasteiger partial charge is 0.493 e. The maximum Gasteiger partial charge on any atom is 0.246 e. The van der Waals surface area contributed by atoms with Crippen LogP contribution in [0.5, 0.6) is 5.75 Å². The fraction of sp³-hybridized carbons (Fsp3) is 0.208. The fourth-order valence-electron chi connectivity index (χ4n) is 2.80. The Bertz CT molecular complexity index is 938. The van der Waals surface area contributed by atoms with Crippen molar-refractivity contribution in [3.63, 3.8) is 0 Å². The topological polar surface area (TPSA) is 84.6 Å². The molecule has 1 amide bonds. The van der Waals surface area contributed by atoms with Gasteiger partial charge in [-0.2, -0.15) is 0 Å². The van der Waals surface area contributed by atoms with Gasteiger partial charge >= 0.3 is 0 Å². The maximum absolute atomic E-state index is 12.0. The van der Waals surface area contributed by atoms with Gasteiger partial charge in [0.1, 0.15) is 11.3 Å². The maximum atomic E-state index is 12.0. The molecule has 0 fully saturated rings. The summed E-state index contributed by atoms with van der Waals surface area (Å²) in [6.07, 6.45) is 0.793. The minimum Gasteiger partial charge on any atom is -0.493 e. The molecule has 0 aliphatic heterocycles. The van der Waals surface area contributed by atoms with Crippen molar-refractivity contribution in [1.29, 1.82) is 0 Å². The van der Waals surface area contributed by atoms with Gasteiger partial charge in [0.25, 0.3) is 0 Å². The molecular weight excluding hydrogens is 364 g/mol. The Balaban J connectivity index is 1.53. The molecule has 4 N–H and O–H groups in total. The molecule has 150 valence electrons. The van der Waals surface area contributed by atoms with Gasteiger partial charge in [-0.05, 0) is 47.9 Å². The summed E-state index contributed by atoms with van der Waals surface area (Å²) < 4.78 is 5.83. The summed E-state index contributed by atoms with van der Waals surface area (Å²) in [5.41, 5.74) is 8.60. The molecule has 3 rings (SSSR count). The first kappa shape index (κ1) is 20.6. The molecule has 0 unspecified atom stereocenters. The van der Waals surface area contributed by atoms with Crippen molar-refractivity contribution in [2.75, 3.05) is 18.5 Å².